The van der Waals surface area contributed by atoms with Crippen molar-refractivity contribution in [3.8, 4) is 5.75 Å². The number of rotatable bonds is 6. The zero-order chi connectivity index (χ0) is 17.5. The van der Waals surface area contributed by atoms with Crippen LogP contribution in [0.5, 0.6) is 5.75 Å². The average molecular weight is 326 g/mol. The summed E-state index contributed by atoms with van der Waals surface area (Å²) in [4.78, 5) is 24.1. The maximum Gasteiger partial charge on any atom is 0.251 e. The number of para-hydroxylation sites is 1. The van der Waals surface area contributed by atoms with E-state index in [0.29, 0.717) is 17.2 Å². The highest BCUT2D eigenvalue weighted by molar-refractivity contribution is 5.99. The highest BCUT2D eigenvalue weighted by Crippen LogP contribution is 2.23. The van der Waals surface area contributed by atoms with Gasteiger partial charge in [0.15, 0.2) is 0 Å². The van der Waals surface area contributed by atoms with Crippen LogP contribution in [-0.4, -0.2) is 25.5 Å². The van der Waals surface area contributed by atoms with Crippen LogP contribution in [0.4, 0.5) is 5.69 Å². The number of anilines is 1. The molecule has 5 heteroatoms. The maximum absolute atomic E-state index is 12.1. The Morgan fingerprint density at radius 2 is 1.71 bits per heavy atom. The second kappa shape index (κ2) is 8.15. The molecule has 0 heterocycles. The summed E-state index contributed by atoms with van der Waals surface area (Å²) >= 11 is 0. The molecule has 2 N–H and O–H groups in total. The van der Waals surface area contributed by atoms with Crippen LogP contribution in [0.25, 0.3) is 0 Å². The van der Waals surface area contributed by atoms with Gasteiger partial charge in [-0.1, -0.05) is 32.0 Å². The van der Waals surface area contributed by atoms with Crippen molar-refractivity contribution in [2.75, 3.05) is 19.0 Å². The molecule has 0 aliphatic rings. The molecule has 0 radical (unpaired) electrons. The largest absolute Gasteiger partial charge is 0.497 e. The third-order valence-electron chi connectivity index (χ3n) is 3.62. The molecule has 0 aliphatic heterocycles. The van der Waals surface area contributed by atoms with Gasteiger partial charge in [0, 0.05) is 11.3 Å². The highest BCUT2D eigenvalue weighted by Gasteiger charge is 2.11. The van der Waals surface area contributed by atoms with E-state index in [1.165, 1.54) is 0 Å². The number of carbonyl (C=O) groups is 2. The monoisotopic (exact) mass is 326 g/mol. The molecule has 0 unspecified atom stereocenters. The maximum atomic E-state index is 12.1. The lowest BCUT2D eigenvalue weighted by molar-refractivity contribution is -0.115. The number of amides is 2. The lowest BCUT2D eigenvalue weighted by atomic mass is 10.0. The van der Waals surface area contributed by atoms with Crippen LogP contribution in [0.2, 0.25) is 0 Å². The van der Waals surface area contributed by atoms with Crippen LogP contribution < -0.4 is 15.4 Å². The number of ether oxygens (including phenoxy) is 1. The van der Waals surface area contributed by atoms with Gasteiger partial charge in [-0.25, -0.2) is 0 Å². The van der Waals surface area contributed by atoms with E-state index in [-0.39, 0.29) is 18.4 Å². The SMILES string of the molecule is COc1ccc(C(=O)NCC(=O)Nc2ccccc2C(C)C)cc1. The van der Waals surface area contributed by atoms with Crippen LogP contribution in [-0.2, 0) is 4.79 Å². The summed E-state index contributed by atoms with van der Waals surface area (Å²) in [5, 5.41) is 5.46. The first-order valence-electron chi connectivity index (χ1n) is 7.82. The van der Waals surface area contributed by atoms with Gasteiger partial charge < -0.3 is 15.4 Å². The summed E-state index contributed by atoms with van der Waals surface area (Å²) < 4.78 is 5.05. The minimum absolute atomic E-state index is 0.0860. The van der Waals surface area contributed by atoms with Gasteiger partial charge in [0.2, 0.25) is 5.91 Å². The van der Waals surface area contributed by atoms with E-state index in [0.717, 1.165) is 11.3 Å². The van der Waals surface area contributed by atoms with Gasteiger partial charge in [-0.15, -0.1) is 0 Å². The Balaban J connectivity index is 1.92. The lowest BCUT2D eigenvalue weighted by Crippen LogP contribution is -2.33. The molecule has 2 rings (SSSR count). The number of methoxy groups -OCH3 is 1. The molecule has 0 fully saturated rings. The van der Waals surface area contributed by atoms with Crippen molar-refractivity contribution in [3.63, 3.8) is 0 Å². The van der Waals surface area contributed by atoms with Crippen molar-refractivity contribution in [2.45, 2.75) is 19.8 Å². The molecule has 0 aliphatic carbocycles. The van der Waals surface area contributed by atoms with E-state index >= 15 is 0 Å². The smallest absolute Gasteiger partial charge is 0.251 e. The molecule has 2 aromatic rings. The van der Waals surface area contributed by atoms with Gasteiger partial charge in [0.05, 0.1) is 13.7 Å². The number of benzene rings is 2. The predicted octanol–water partition coefficient (Wildman–Crippen LogP) is 3.19. The van der Waals surface area contributed by atoms with Crippen molar-refractivity contribution in [1.82, 2.24) is 5.32 Å². The molecular formula is C19H22N2O3. The number of hydrogen-bond donors (Lipinski definition) is 2. The van der Waals surface area contributed by atoms with Crippen LogP contribution in [0, 0.1) is 0 Å². The molecule has 0 atom stereocenters. The van der Waals surface area contributed by atoms with Crippen molar-refractivity contribution >= 4 is 17.5 Å². The summed E-state index contributed by atoms with van der Waals surface area (Å²) in [5.74, 6) is 0.417. The van der Waals surface area contributed by atoms with Crippen LogP contribution in [0.15, 0.2) is 48.5 Å². The summed E-state index contributed by atoms with van der Waals surface area (Å²) in [5.41, 5.74) is 2.31. The highest BCUT2D eigenvalue weighted by atomic mass is 16.5. The summed E-state index contributed by atoms with van der Waals surface area (Å²) in [7, 11) is 1.56. The van der Waals surface area contributed by atoms with E-state index in [9.17, 15) is 9.59 Å². The second-order valence-electron chi connectivity index (χ2n) is 5.70. The molecule has 24 heavy (non-hydrogen) atoms. The van der Waals surface area contributed by atoms with Gasteiger partial charge in [-0.3, -0.25) is 9.59 Å². The fourth-order valence-corrected chi connectivity index (χ4v) is 2.31. The van der Waals surface area contributed by atoms with Gasteiger partial charge in [0.25, 0.3) is 5.91 Å². The average Bonchev–Trinajstić information content (AvgIpc) is 2.60. The number of carbonyl (C=O) groups excluding carboxylic acids is 2. The van der Waals surface area contributed by atoms with Gasteiger partial charge in [0.1, 0.15) is 5.75 Å². The van der Waals surface area contributed by atoms with Crippen molar-refractivity contribution in [2.24, 2.45) is 0 Å². The van der Waals surface area contributed by atoms with Crippen molar-refractivity contribution in [3.05, 3.63) is 59.7 Å². The second-order valence-corrected chi connectivity index (χ2v) is 5.70. The zero-order valence-corrected chi connectivity index (χ0v) is 14.1. The molecule has 126 valence electrons. The molecule has 0 saturated heterocycles. The Morgan fingerprint density at radius 1 is 1.04 bits per heavy atom. The molecule has 2 aromatic carbocycles. The predicted molar refractivity (Wildman–Crippen MR) is 94.5 cm³/mol. The number of nitrogens with one attached hydrogen (secondary N) is 2. The Hall–Kier alpha value is -2.82. The Morgan fingerprint density at radius 3 is 2.33 bits per heavy atom. The first kappa shape index (κ1) is 17.5. The molecule has 0 spiro atoms. The van der Waals surface area contributed by atoms with E-state index in [1.54, 1.807) is 31.4 Å². The Labute approximate surface area is 142 Å². The van der Waals surface area contributed by atoms with Crippen LogP contribution in [0.1, 0.15) is 35.7 Å². The molecule has 2 amide bonds. The third-order valence-corrected chi connectivity index (χ3v) is 3.62. The summed E-state index contributed by atoms with van der Waals surface area (Å²) in [6, 6.07) is 14.4. The van der Waals surface area contributed by atoms with E-state index in [1.807, 2.05) is 24.3 Å². The van der Waals surface area contributed by atoms with Crippen LogP contribution in [0.3, 0.4) is 0 Å². The first-order valence-corrected chi connectivity index (χ1v) is 7.82. The topological polar surface area (TPSA) is 67.4 Å². The van der Waals surface area contributed by atoms with Crippen LogP contribution >= 0.6 is 0 Å². The van der Waals surface area contributed by atoms with Gasteiger partial charge in [-0.2, -0.15) is 0 Å². The van der Waals surface area contributed by atoms with Crippen molar-refractivity contribution in [1.29, 1.82) is 0 Å². The van der Waals surface area contributed by atoms with E-state index < -0.39 is 0 Å². The lowest BCUT2D eigenvalue weighted by Gasteiger charge is -2.14. The van der Waals surface area contributed by atoms with Gasteiger partial charge >= 0.3 is 0 Å². The third kappa shape index (κ3) is 4.59. The van der Waals surface area contributed by atoms with Gasteiger partial charge in [-0.05, 0) is 41.8 Å². The molecule has 0 bridgehead atoms. The Bertz CT molecular complexity index is 709. The quantitative estimate of drug-likeness (QED) is 0.857. The molecular weight excluding hydrogens is 304 g/mol. The standard InChI is InChI=1S/C19H22N2O3/c1-13(2)16-6-4-5-7-17(16)21-18(22)12-20-19(23)14-8-10-15(24-3)11-9-14/h4-11,13H,12H2,1-3H3,(H,20,23)(H,21,22). The minimum atomic E-state index is -0.301. The summed E-state index contributed by atoms with van der Waals surface area (Å²) in [6.07, 6.45) is 0. The zero-order valence-electron chi connectivity index (χ0n) is 14.1. The summed E-state index contributed by atoms with van der Waals surface area (Å²) in [6.45, 7) is 4.05. The molecule has 0 aromatic heterocycles. The first-order chi connectivity index (χ1) is 11.5. The number of hydrogen-bond acceptors (Lipinski definition) is 3. The fraction of sp³-hybridized carbons (Fsp3) is 0.263. The fourth-order valence-electron chi connectivity index (χ4n) is 2.31. The normalized spacial score (nSPS) is 10.3. The Kier molecular flexibility index (Phi) is 5.95. The minimum Gasteiger partial charge on any atom is -0.497 e. The van der Waals surface area contributed by atoms with E-state index in [2.05, 4.69) is 24.5 Å². The van der Waals surface area contributed by atoms with Crippen molar-refractivity contribution < 1.29 is 14.3 Å². The molecule has 0 saturated carbocycles. The molecule has 5 nitrogen and oxygen atoms in total. The van der Waals surface area contributed by atoms with E-state index in [4.69, 9.17) is 4.74 Å².